The van der Waals surface area contributed by atoms with Crippen LogP contribution in [0.15, 0.2) is 24.3 Å². The molecule has 0 aromatic heterocycles. The van der Waals surface area contributed by atoms with Gasteiger partial charge in [0.05, 0.1) is 11.1 Å². The van der Waals surface area contributed by atoms with E-state index in [1.165, 1.54) is 4.90 Å². The second-order valence-corrected chi connectivity index (χ2v) is 7.68. The Morgan fingerprint density at radius 3 is 2.21 bits per heavy atom. The quantitative estimate of drug-likeness (QED) is 0.547. The minimum absolute atomic E-state index is 0.141. The highest BCUT2D eigenvalue weighted by molar-refractivity contribution is 6.21. The Bertz CT molecular complexity index is 717. The van der Waals surface area contributed by atoms with Gasteiger partial charge in [0, 0.05) is 39.3 Å². The van der Waals surface area contributed by atoms with Crippen molar-refractivity contribution in [3.05, 3.63) is 35.4 Å². The van der Waals surface area contributed by atoms with Crippen LogP contribution < -0.4 is 0 Å². The number of hydrogen-bond acceptors (Lipinski definition) is 5. The fourth-order valence-corrected chi connectivity index (χ4v) is 4.22. The monoisotopic (exact) mass is 385 g/mol. The fourth-order valence-electron chi connectivity index (χ4n) is 4.22. The summed E-state index contributed by atoms with van der Waals surface area (Å²) in [5, 5.41) is 0. The third-order valence-electron chi connectivity index (χ3n) is 5.87. The Morgan fingerprint density at radius 2 is 1.61 bits per heavy atom. The highest BCUT2D eigenvalue weighted by Crippen LogP contribution is 2.22. The first-order valence-electron chi connectivity index (χ1n) is 10.2. The largest absolute Gasteiger partial charge is 0.368 e. The molecule has 0 saturated carbocycles. The topological polar surface area (TPSA) is 70.2 Å². The number of fused-ring (bicyclic) bond motifs is 1. The number of piperazine rings is 1. The van der Waals surface area contributed by atoms with E-state index in [9.17, 15) is 14.4 Å². The van der Waals surface area contributed by atoms with Gasteiger partial charge in [-0.25, -0.2) is 0 Å². The first-order valence-corrected chi connectivity index (χ1v) is 10.2. The maximum Gasteiger partial charge on any atom is 0.261 e. The average Bonchev–Trinajstić information content (AvgIpc) is 3.35. The Hall–Kier alpha value is -2.25. The number of benzene rings is 1. The van der Waals surface area contributed by atoms with Gasteiger partial charge in [-0.05, 0) is 44.4 Å². The fraction of sp³-hybridized carbons (Fsp3) is 0.571. The standard InChI is InChI=1S/C21H27N3O4/c25-19-16-6-1-2-7-17(16)20(26)24(19)10-4-3-9-22-11-13-23(14-12-22)21(27)18-8-5-15-28-18/h1-2,6-7,18H,3-5,8-15H2/t18-/m0/s1. The molecule has 7 heteroatoms. The summed E-state index contributed by atoms with van der Waals surface area (Å²) in [6, 6.07) is 7.01. The molecule has 3 amide bonds. The summed E-state index contributed by atoms with van der Waals surface area (Å²) in [6.07, 6.45) is 3.31. The molecule has 1 aromatic rings. The maximum absolute atomic E-state index is 12.4. The molecule has 0 bridgehead atoms. The first kappa shape index (κ1) is 19.1. The zero-order valence-electron chi connectivity index (χ0n) is 16.1. The van der Waals surface area contributed by atoms with Crippen LogP contribution in [-0.2, 0) is 9.53 Å². The molecule has 3 aliphatic rings. The minimum Gasteiger partial charge on any atom is -0.368 e. The van der Waals surface area contributed by atoms with Crippen LogP contribution in [0.4, 0.5) is 0 Å². The molecule has 0 radical (unpaired) electrons. The lowest BCUT2D eigenvalue weighted by Gasteiger charge is -2.35. The van der Waals surface area contributed by atoms with Crippen LogP contribution in [0.3, 0.4) is 0 Å². The molecule has 150 valence electrons. The lowest BCUT2D eigenvalue weighted by molar-refractivity contribution is -0.142. The second kappa shape index (κ2) is 8.41. The molecular formula is C21H27N3O4. The number of imide groups is 1. The number of carbonyl (C=O) groups excluding carboxylic acids is 3. The average molecular weight is 385 g/mol. The molecule has 2 fully saturated rings. The van der Waals surface area contributed by atoms with E-state index in [0.29, 0.717) is 24.3 Å². The number of amides is 3. The predicted molar refractivity (Wildman–Crippen MR) is 103 cm³/mol. The van der Waals surface area contributed by atoms with E-state index < -0.39 is 0 Å². The van der Waals surface area contributed by atoms with Gasteiger partial charge in [0.1, 0.15) is 6.10 Å². The van der Waals surface area contributed by atoms with Crippen LogP contribution in [0.2, 0.25) is 0 Å². The number of ether oxygens (including phenoxy) is 1. The number of unbranched alkanes of at least 4 members (excludes halogenated alkanes) is 1. The summed E-state index contributed by atoms with van der Waals surface area (Å²) in [7, 11) is 0. The SMILES string of the molecule is O=C([C@@H]1CCCO1)N1CCN(CCCCN2C(=O)c3ccccc3C2=O)CC1. The lowest BCUT2D eigenvalue weighted by Crippen LogP contribution is -2.51. The van der Waals surface area contributed by atoms with E-state index in [4.69, 9.17) is 4.74 Å². The van der Waals surface area contributed by atoms with Gasteiger partial charge in [-0.15, -0.1) is 0 Å². The van der Waals surface area contributed by atoms with Gasteiger partial charge in [0.25, 0.3) is 17.7 Å². The summed E-state index contributed by atoms with van der Waals surface area (Å²) in [6.45, 7) is 5.31. The highest BCUT2D eigenvalue weighted by Gasteiger charge is 2.34. The third kappa shape index (κ3) is 3.82. The van der Waals surface area contributed by atoms with Crippen LogP contribution in [-0.4, -0.2) is 84.4 Å². The molecular weight excluding hydrogens is 358 g/mol. The molecule has 28 heavy (non-hydrogen) atoms. The molecule has 7 nitrogen and oxygen atoms in total. The van der Waals surface area contributed by atoms with Crippen molar-refractivity contribution in [1.82, 2.24) is 14.7 Å². The molecule has 3 aliphatic heterocycles. The zero-order chi connectivity index (χ0) is 19.5. The molecule has 0 aliphatic carbocycles. The van der Waals surface area contributed by atoms with Crippen molar-refractivity contribution in [1.29, 1.82) is 0 Å². The molecule has 0 spiro atoms. The van der Waals surface area contributed by atoms with Crippen molar-refractivity contribution in [2.24, 2.45) is 0 Å². The van der Waals surface area contributed by atoms with E-state index in [1.54, 1.807) is 24.3 Å². The third-order valence-corrected chi connectivity index (χ3v) is 5.87. The number of nitrogens with zero attached hydrogens (tertiary/aromatic N) is 3. The van der Waals surface area contributed by atoms with Crippen molar-refractivity contribution < 1.29 is 19.1 Å². The molecule has 0 unspecified atom stereocenters. The van der Waals surface area contributed by atoms with E-state index >= 15 is 0 Å². The molecule has 4 rings (SSSR count). The van der Waals surface area contributed by atoms with E-state index in [0.717, 1.165) is 58.4 Å². The van der Waals surface area contributed by atoms with Crippen molar-refractivity contribution in [3.8, 4) is 0 Å². The van der Waals surface area contributed by atoms with Crippen LogP contribution in [0.25, 0.3) is 0 Å². The predicted octanol–water partition coefficient (Wildman–Crippen LogP) is 1.39. The van der Waals surface area contributed by atoms with E-state index in [2.05, 4.69) is 4.90 Å². The second-order valence-electron chi connectivity index (χ2n) is 7.68. The van der Waals surface area contributed by atoms with Crippen LogP contribution in [0.1, 0.15) is 46.4 Å². The van der Waals surface area contributed by atoms with Gasteiger partial charge < -0.3 is 9.64 Å². The smallest absolute Gasteiger partial charge is 0.261 e. The van der Waals surface area contributed by atoms with Gasteiger partial charge in [-0.2, -0.15) is 0 Å². The van der Waals surface area contributed by atoms with Crippen molar-refractivity contribution in [2.75, 3.05) is 45.9 Å². The molecule has 1 aromatic carbocycles. The summed E-state index contributed by atoms with van der Waals surface area (Å²) < 4.78 is 5.50. The number of hydrogen-bond donors (Lipinski definition) is 0. The van der Waals surface area contributed by atoms with Gasteiger partial charge in [-0.1, -0.05) is 12.1 Å². The van der Waals surface area contributed by atoms with Crippen LogP contribution >= 0.6 is 0 Å². The summed E-state index contributed by atoms with van der Waals surface area (Å²) >= 11 is 0. The molecule has 1 atom stereocenters. The van der Waals surface area contributed by atoms with Crippen molar-refractivity contribution in [3.63, 3.8) is 0 Å². The normalized spacial score (nSPS) is 22.8. The number of rotatable bonds is 6. The molecule has 3 heterocycles. The lowest BCUT2D eigenvalue weighted by atomic mass is 10.1. The summed E-state index contributed by atoms with van der Waals surface area (Å²) in [4.78, 5) is 42.7. The van der Waals surface area contributed by atoms with E-state index in [-0.39, 0.29) is 23.8 Å². The summed E-state index contributed by atoms with van der Waals surface area (Å²) in [5.74, 6) is -0.216. The van der Waals surface area contributed by atoms with Gasteiger partial charge in [0.15, 0.2) is 0 Å². The summed E-state index contributed by atoms with van der Waals surface area (Å²) in [5.41, 5.74) is 1.03. The Labute approximate surface area is 165 Å². The zero-order valence-corrected chi connectivity index (χ0v) is 16.1. The van der Waals surface area contributed by atoms with E-state index in [1.807, 2.05) is 4.90 Å². The highest BCUT2D eigenvalue weighted by atomic mass is 16.5. The molecule has 2 saturated heterocycles. The number of carbonyl (C=O) groups is 3. The first-order chi connectivity index (χ1) is 13.6. The Kier molecular flexibility index (Phi) is 5.73. The van der Waals surface area contributed by atoms with Gasteiger partial charge >= 0.3 is 0 Å². The van der Waals surface area contributed by atoms with Crippen molar-refractivity contribution >= 4 is 17.7 Å². The Morgan fingerprint density at radius 1 is 0.964 bits per heavy atom. The van der Waals surface area contributed by atoms with Crippen LogP contribution in [0, 0.1) is 0 Å². The minimum atomic E-state index is -0.230. The maximum atomic E-state index is 12.4. The van der Waals surface area contributed by atoms with Crippen LogP contribution in [0.5, 0.6) is 0 Å². The molecule has 0 N–H and O–H groups in total. The van der Waals surface area contributed by atoms with Gasteiger partial charge in [0.2, 0.25) is 0 Å². The van der Waals surface area contributed by atoms with Crippen molar-refractivity contribution in [2.45, 2.75) is 31.8 Å². The van der Waals surface area contributed by atoms with Gasteiger partial charge in [-0.3, -0.25) is 24.2 Å². The Balaban J connectivity index is 1.17.